The first-order valence-electron chi connectivity index (χ1n) is 11.3. The number of hydrogen-bond donors (Lipinski definition) is 1. The number of benzene rings is 3. The van der Waals surface area contributed by atoms with Gasteiger partial charge in [0.15, 0.2) is 0 Å². The third-order valence-electron chi connectivity index (χ3n) is 5.87. The van der Waals surface area contributed by atoms with E-state index in [2.05, 4.69) is 5.32 Å². The number of piperazine rings is 1. The molecule has 1 N–H and O–H groups in total. The quantitative estimate of drug-likeness (QED) is 0.514. The molecular weight excluding hydrogens is 485 g/mol. The first-order valence-corrected chi connectivity index (χ1v) is 12.8. The standard InChI is InChI=1S/C26H24FN3O5S/c27-21-11-13-22(14-12-21)36(34,35)24(28-23(31)19-7-3-1-4-8-19)26(33)30-17-15-29(16-18-30)25(32)20-9-5-2-6-10-20/h1-14,24H,15-18H2,(H,28,31)/t24-/m0/s1. The molecule has 0 radical (unpaired) electrons. The molecule has 3 amide bonds. The maximum atomic E-state index is 13.5. The lowest BCUT2D eigenvalue weighted by atomic mass is 10.2. The molecule has 8 nitrogen and oxygen atoms in total. The van der Waals surface area contributed by atoms with Gasteiger partial charge in [-0.15, -0.1) is 0 Å². The van der Waals surface area contributed by atoms with Crippen molar-refractivity contribution < 1.29 is 27.2 Å². The number of nitrogens with one attached hydrogen (secondary N) is 1. The minimum absolute atomic E-state index is 0.0913. The van der Waals surface area contributed by atoms with E-state index in [0.29, 0.717) is 5.56 Å². The van der Waals surface area contributed by atoms with Gasteiger partial charge in [-0.05, 0) is 48.5 Å². The Morgan fingerprint density at radius 2 is 1.22 bits per heavy atom. The third kappa shape index (κ3) is 5.44. The van der Waals surface area contributed by atoms with Crippen molar-refractivity contribution in [3.8, 4) is 0 Å². The van der Waals surface area contributed by atoms with Crippen molar-refractivity contribution in [1.29, 1.82) is 0 Å². The predicted molar refractivity (Wildman–Crippen MR) is 130 cm³/mol. The largest absolute Gasteiger partial charge is 0.336 e. The molecule has 0 unspecified atom stereocenters. The zero-order valence-electron chi connectivity index (χ0n) is 19.2. The summed E-state index contributed by atoms with van der Waals surface area (Å²) in [5.74, 6) is -2.38. The number of carbonyl (C=O) groups is 3. The first-order chi connectivity index (χ1) is 17.3. The Morgan fingerprint density at radius 1 is 0.722 bits per heavy atom. The van der Waals surface area contributed by atoms with E-state index in [-0.39, 0.29) is 42.5 Å². The molecule has 1 atom stereocenters. The Kier molecular flexibility index (Phi) is 7.44. The summed E-state index contributed by atoms with van der Waals surface area (Å²) in [5.41, 5.74) is 0.701. The van der Waals surface area contributed by atoms with Gasteiger partial charge in [-0.3, -0.25) is 14.4 Å². The van der Waals surface area contributed by atoms with Crippen molar-refractivity contribution in [3.05, 3.63) is 102 Å². The van der Waals surface area contributed by atoms with E-state index in [1.165, 1.54) is 17.0 Å². The fourth-order valence-corrected chi connectivity index (χ4v) is 5.35. The highest BCUT2D eigenvalue weighted by atomic mass is 32.2. The van der Waals surface area contributed by atoms with Crippen LogP contribution in [0.1, 0.15) is 20.7 Å². The molecule has 36 heavy (non-hydrogen) atoms. The Hall–Kier alpha value is -4.05. The molecule has 3 aromatic carbocycles. The fourth-order valence-electron chi connectivity index (χ4n) is 3.88. The van der Waals surface area contributed by atoms with Crippen molar-refractivity contribution in [2.45, 2.75) is 10.3 Å². The molecule has 0 aromatic heterocycles. The molecule has 1 heterocycles. The summed E-state index contributed by atoms with van der Waals surface area (Å²) >= 11 is 0. The summed E-state index contributed by atoms with van der Waals surface area (Å²) in [5, 5.41) is 0.427. The van der Waals surface area contributed by atoms with E-state index in [1.54, 1.807) is 53.4 Å². The first kappa shape index (κ1) is 25.1. The molecule has 3 aromatic rings. The maximum absolute atomic E-state index is 13.5. The topological polar surface area (TPSA) is 104 Å². The van der Waals surface area contributed by atoms with E-state index in [1.807, 2.05) is 0 Å². The summed E-state index contributed by atoms with van der Waals surface area (Å²) < 4.78 is 40.2. The molecule has 1 aliphatic rings. The molecule has 1 aliphatic heterocycles. The van der Waals surface area contributed by atoms with E-state index in [0.717, 1.165) is 24.3 Å². The summed E-state index contributed by atoms with van der Waals surface area (Å²) in [6.07, 6.45) is 0. The maximum Gasteiger partial charge on any atom is 0.261 e. The smallest absolute Gasteiger partial charge is 0.261 e. The van der Waals surface area contributed by atoms with Crippen LogP contribution in [0.3, 0.4) is 0 Å². The Morgan fingerprint density at radius 3 is 1.78 bits per heavy atom. The second-order valence-electron chi connectivity index (χ2n) is 8.20. The van der Waals surface area contributed by atoms with Gasteiger partial charge in [-0.25, -0.2) is 12.8 Å². The van der Waals surface area contributed by atoms with Crippen LogP contribution in [0.25, 0.3) is 0 Å². The monoisotopic (exact) mass is 509 g/mol. The van der Waals surface area contributed by atoms with Crippen LogP contribution in [0.5, 0.6) is 0 Å². The summed E-state index contributed by atoms with van der Waals surface area (Å²) in [6, 6.07) is 20.7. The van der Waals surface area contributed by atoms with E-state index in [4.69, 9.17) is 0 Å². The van der Waals surface area contributed by atoms with Gasteiger partial charge in [0.25, 0.3) is 17.7 Å². The zero-order valence-corrected chi connectivity index (χ0v) is 20.0. The van der Waals surface area contributed by atoms with Gasteiger partial charge in [-0.1, -0.05) is 36.4 Å². The SMILES string of the molecule is O=C(N[C@H](C(=O)N1CCN(C(=O)c2ccccc2)CC1)S(=O)(=O)c1ccc(F)cc1)c1ccccc1. The predicted octanol–water partition coefficient (Wildman–Crippen LogP) is 2.34. The summed E-state index contributed by atoms with van der Waals surface area (Å²) in [4.78, 5) is 41.6. The minimum atomic E-state index is -4.41. The fraction of sp³-hybridized carbons (Fsp3) is 0.192. The highest BCUT2D eigenvalue weighted by Gasteiger charge is 2.39. The van der Waals surface area contributed by atoms with Crippen LogP contribution >= 0.6 is 0 Å². The van der Waals surface area contributed by atoms with Gasteiger partial charge in [0.05, 0.1) is 4.90 Å². The van der Waals surface area contributed by atoms with Crippen molar-refractivity contribution in [1.82, 2.24) is 15.1 Å². The number of halogens is 1. The molecule has 0 bridgehead atoms. The van der Waals surface area contributed by atoms with Gasteiger partial charge < -0.3 is 15.1 Å². The van der Waals surface area contributed by atoms with E-state index < -0.39 is 32.8 Å². The number of nitrogens with zero attached hydrogens (tertiary/aromatic N) is 2. The second-order valence-corrected chi connectivity index (χ2v) is 10.2. The molecule has 186 valence electrons. The lowest BCUT2D eigenvalue weighted by Gasteiger charge is -2.36. The number of rotatable bonds is 6. The lowest BCUT2D eigenvalue weighted by molar-refractivity contribution is -0.132. The average Bonchev–Trinajstić information content (AvgIpc) is 2.92. The minimum Gasteiger partial charge on any atom is -0.336 e. The van der Waals surface area contributed by atoms with Crippen LogP contribution in [0.2, 0.25) is 0 Å². The highest BCUT2D eigenvalue weighted by molar-refractivity contribution is 7.92. The summed E-state index contributed by atoms with van der Waals surface area (Å²) in [7, 11) is -4.41. The highest BCUT2D eigenvalue weighted by Crippen LogP contribution is 2.19. The van der Waals surface area contributed by atoms with Gasteiger partial charge in [0.2, 0.25) is 15.2 Å². The number of sulfone groups is 1. The Labute approximate surface area is 208 Å². The van der Waals surface area contributed by atoms with Crippen LogP contribution in [-0.2, 0) is 14.6 Å². The van der Waals surface area contributed by atoms with Gasteiger partial charge in [0, 0.05) is 37.3 Å². The number of hydrogen-bond acceptors (Lipinski definition) is 5. The Balaban J connectivity index is 1.55. The molecule has 10 heteroatoms. The third-order valence-corrected chi connectivity index (χ3v) is 7.74. The lowest BCUT2D eigenvalue weighted by Crippen LogP contribution is -2.57. The van der Waals surface area contributed by atoms with Crippen molar-refractivity contribution in [2.75, 3.05) is 26.2 Å². The van der Waals surface area contributed by atoms with E-state index in [9.17, 15) is 27.2 Å². The zero-order chi connectivity index (χ0) is 25.7. The average molecular weight is 510 g/mol. The van der Waals surface area contributed by atoms with Crippen LogP contribution in [-0.4, -0.2) is 67.5 Å². The number of carbonyl (C=O) groups excluding carboxylic acids is 3. The van der Waals surface area contributed by atoms with Crippen LogP contribution in [0.15, 0.2) is 89.8 Å². The molecular formula is C26H24FN3O5S. The molecule has 0 saturated carbocycles. The van der Waals surface area contributed by atoms with E-state index >= 15 is 0 Å². The van der Waals surface area contributed by atoms with Crippen LogP contribution in [0, 0.1) is 5.82 Å². The van der Waals surface area contributed by atoms with Crippen molar-refractivity contribution in [3.63, 3.8) is 0 Å². The molecule has 0 aliphatic carbocycles. The molecule has 0 spiro atoms. The van der Waals surface area contributed by atoms with Crippen LogP contribution < -0.4 is 5.32 Å². The normalized spacial score (nSPS) is 14.7. The van der Waals surface area contributed by atoms with Gasteiger partial charge >= 0.3 is 0 Å². The van der Waals surface area contributed by atoms with Crippen LogP contribution in [0.4, 0.5) is 4.39 Å². The Bertz CT molecular complexity index is 1340. The van der Waals surface area contributed by atoms with Gasteiger partial charge in [0.1, 0.15) is 5.82 Å². The summed E-state index contributed by atoms with van der Waals surface area (Å²) in [6.45, 7) is 0.590. The van der Waals surface area contributed by atoms with Crippen molar-refractivity contribution in [2.24, 2.45) is 0 Å². The van der Waals surface area contributed by atoms with Crippen molar-refractivity contribution >= 4 is 27.6 Å². The molecule has 4 rings (SSSR count). The number of amides is 3. The van der Waals surface area contributed by atoms with Gasteiger partial charge in [-0.2, -0.15) is 0 Å². The molecule has 1 saturated heterocycles. The molecule has 1 fully saturated rings. The second kappa shape index (κ2) is 10.7.